The van der Waals surface area contributed by atoms with Gasteiger partial charge in [0.05, 0.1) is 4.92 Å². The minimum Gasteiger partial charge on any atom is -0.377 e. The number of hydrogen-bond donors (Lipinski definition) is 3. The molecule has 148 valence electrons. The molecule has 2 heterocycles. The van der Waals surface area contributed by atoms with Crippen LogP contribution in [0.4, 0.5) is 17.3 Å². The van der Waals surface area contributed by atoms with Crippen molar-refractivity contribution in [3.8, 4) is 0 Å². The first-order valence-electron chi connectivity index (χ1n) is 9.49. The number of nitrogens with one attached hydrogen (secondary N) is 3. The second kappa shape index (κ2) is 7.55. The SMILES string of the molecule is Cn1nc(C2CCNCC2)nc1NC(=O)c1ccc(NC2CC2)c([N+](=O)[O-])c1. The maximum Gasteiger partial charge on any atom is 0.293 e. The van der Waals surface area contributed by atoms with E-state index in [1.807, 2.05) is 0 Å². The summed E-state index contributed by atoms with van der Waals surface area (Å²) >= 11 is 0. The van der Waals surface area contributed by atoms with Crippen LogP contribution in [0.15, 0.2) is 18.2 Å². The highest BCUT2D eigenvalue weighted by Crippen LogP contribution is 2.31. The van der Waals surface area contributed by atoms with Crippen LogP contribution in [0.1, 0.15) is 47.8 Å². The van der Waals surface area contributed by atoms with Crippen molar-refractivity contribution >= 4 is 23.2 Å². The van der Waals surface area contributed by atoms with Crippen molar-refractivity contribution in [2.24, 2.45) is 7.05 Å². The zero-order valence-electron chi connectivity index (χ0n) is 15.6. The third kappa shape index (κ3) is 3.96. The van der Waals surface area contributed by atoms with Gasteiger partial charge >= 0.3 is 0 Å². The molecule has 3 N–H and O–H groups in total. The fourth-order valence-electron chi connectivity index (χ4n) is 3.33. The molecule has 4 rings (SSSR count). The molecule has 1 aliphatic heterocycles. The molecule has 28 heavy (non-hydrogen) atoms. The van der Waals surface area contributed by atoms with E-state index in [1.165, 1.54) is 10.7 Å². The lowest BCUT2D eigenvalue weighted by Gasteiger charge is -2.19. The highest BCUT2D eigenvalue weighted by Gasteiger charge is 2.26. The second-order valence-corrected chi connectivity index (χ2v) is 7.30. The van der Waals surface area contributed by atoms with E-state index in [0.717, 1.165) is 38.8 Å². The Labute approximate surface area is 161 Å². The smallest absolute Gasteiger partial charge is 0.293 e. The zero-order valence-corrected chi connectivity index (χ0v) is 15.6. The van der Waals surface area contributed by atoms with E-state index in [-0.39, 0.29) is 23.2 Å². The fraction of sp³-hybridized carbons (Fsp3) is 0.500. The Morgan fingerprint density at radius 3 is 2.71 bits per heavy atom. The van der Waals surface area contributed by atoms with Gasteiger partial charge in [-0.15, -0.1) is 0 Å². The normalized spacial score (nSPS) is 17.3. The number of nitro benzene ring substituents is 1. The largest absolute Gasteiger partial charge is 0.377 e. The van der Waals surface area contributed by atoms with Gasteiger partial charge in [0.25, 0.3) is 11.6 Å². The summed E-state index contributed by atoms with van der Waals surface area (Å²) < 4.78 is 1.53. The van der Waals surface area contributed by atoms with Crippen molar-refractivity contribution in [2.75, 3.05) is 23.7 Å². The number of aromatic nitrogens is 3. The van der Waals surface area contributed by atoms with Crippen LogP contribution in [0.2, 0.25) is 0 Å². The van der Waals surface area contributed by atoms with Crippen LogP contribution >= 0.6 is 0 Å². The van der Waals surface area contributed by atoms with E-state index in [9.17, 15) is 14.9 Å². The molecule has 1 aromatic carbocycles. The van der Waals surface area contributed by atoms with Gasteiger partial charge in [-0.1, -0.05) is 0 Å². The number of benzene rings is 1. The van der Waals surface area contributed by atoms with Crippen LogP contribution in [0, 0.1) is 10.1 Å². The van der Waals surface area contributed by atoms with Gasteiger partial charge in [-0.2, -0.15) is 10.1 Å². The van der Waals surface area contributed by atoms with Crippen molar-refractivity contribution in [1.29, 1.82) is 0 Å². The van der Waals surface area contributed by atoms with E-state index in [1.54, 1.807) is 19.2 Å². The molecule has 1 saturated carbocycles. The number of amides is 1. The molecular formula is C18H23N7O3. The van der Waals surface area contributed by atoms with Gasteiger partial charge < -0.3 is 10.6 Å². The van der Waals surface area contributed by atoms with Gasteiger partial charge in [0.2, 0.25) is 5.95 Å². The van der Waals surface area contributed by atoms with E-state index >= 15 is 0 Å². The maximum absolute atomic E-state index is 12.6. The average molecular weight is 385 g/mol. The first-order valence-corrected chi connectivity index (χ1v) is 9.49. The Bertz CT molecular complexity index is 901. The zero-order chi connectivity index (χ0) is 19.7. The Morgan fingerprint density at radius 2 is 2.04 bits per heavy atom. The third-order valence-corrected chi connectivity index (χ3v) is 5.10. The first-order chi connectivity index (χ1) is 13.5. The number of nitrogens with zero attached hydrogens (tertiary/aromatic N) is 4. The van der Waals surface area contributed by atoms with Gasteiger partial charge in [-0.3, -0.25) is 20.2 Å². The molecule has 2 aliphatic rings. The van der Waals surface area contributed by atoms with Gasteiger partial charge in [-0.05, 0) is 50.9 Å². The van der Waals surface area contributed by atoms with Crippen molar-refractivity contribution in [1.82, 2.24) is 20.1 Å². The van der Waals surface area contributed by atoms with Crippen molar-refractivity contribution in [2.45, 2.75) is 37.6 Å². The highest BCUT2D eigenvalue weighted by atomic mass is 16.6. The number of aryl methyl sites for hydroxylation is 1. The standard InChI is InChI=1S/C18H23N7O3/c1-24-18(21-16(23-24)11-6-8-19-9-7-11)22-17(26)12-2-5-14(20-13-3-4-13)15(10-12)25(27)28/h2,5,10-11,13,19-20H,3-4,6-9H2,1H3,(H,21,22,23,26). The number of anilines is 2. The van der Waals surface area contributed by atoms with E-state index in [2.05, 4.69) is 26.0 Å². The number of rotatable bonds is 6. The lowest BCUT2D eigenvalue weighted by atomic mass is 9.98. The van der Waals surface area contributed by atoms with Crippen LogP contribution in [0.5, 0.6) is 0 Å². The molecule has 0 unspecified atom stereocenters. The minimum absolute atomic E-state index is 0.104. The molecule has 0 atom stereocenters. The fourth-order valence-corrected chi connectivity index (χ4v) is 3.33. The molecule has 2 fully saturated rings. The quantitative estimate of drug-likeness (QED) is 0.513. The molecule has 10 heteroatoms. The number of nitro groups is 1. The van der Waals surface area contributed by atoms with Crippen LogP contribution in [0.3, 0.4) is 0 Å². The summed E-state index contributed by atoms with van der Waals surface area (Å²) in [5, 5.41) is 25.0. The van der Waals surface area contributed by atoms with Gasteiger partial charge in [-0.25, -0.2) is 4.68 Å². The van der Waals surface area contributed by atoms with E-state index < -0.39 is 10.8 Å². The van der Waals surface area contributed by atoms with Crippen molar-refractivity contribution < 1.29 is 9.72 Å². The Hall–Kier alpha value is -3.01. The summed E-state index contributed by atoms with van der Waals surface area (Å²) in [6.45, 7) is 1.85. The lowest BCUT2D eigenvalue weighted by molar-refractivity contribution is -0.384. The Morgan fingerprint density at radius 1 is 1.29 bits per heavy atom. The molecule has 1 aliphatic carbocycles. The molecule has 1 aromatic heterocycles. The Balaban J connectivity index is 1.51. The first kappa shape index (κ1) is 18.4. The molecule has 0 radical (unpaired) electrons. The molecule has 10 nitrogen and oxygen atoms in total. The number of hydrogen-bond acceptors (Lipinski definition) is 7. The molecule has 1 amide bonds. The number of carbonyl (C=O) groups excluding carboxylic acids is 1. The number of piperidine rings is 1. The summed E-state index contributed by atoms with van der Waals surface area (Å²) in [6, 6.07) is 4.74. The van der Waals surface area contributed by atoms with Gasteiger partial charge in [0.1, 0.15) is 5.69 Å². The lowest BCUT2D eigenvalue weighted by Crippen LogP contribution is -2.27. The van der Waals surface area contributed by atoms with Gasteiger partial charge in [0.15, 0.2) is 5.82 Å². The Kier molecular flexibility index (Phi) is 4.95. The van der Waals surface area contributed by atoms with Crippen molar-refractivity contribution in [3.05, 3.63) is 39.7 Å². The molecule has 0 spiro atoms. The average Bonchev–Trinajstić information content (AvgIpc) is 3.44. The maximum atomic E-state index is 12.6. The van der Waals surface area contributed by atoms with Crippen LogP contribution in [-0.2, 0) is 7.05 Å². The monoisotopic (exact) mass is 385 g/mol. The topological polar surface area (TPSA) is 127 Å². The molecule has 0 bridgehead atoms. The van der Waals surface area contributed by atoms with Gasteiger partial charge in [0, 0.05) is 30.6 Å². The molecule has 2 aromatic rings. The summed E-state index contributed by atoms with van der Waals surface area (Å²) in [5.74, 6) is 0.871. The van der Waals surface area contributed by atoms with E-state index in [4.69, 9.17) is 0 Å². The molecular weight excluding hydrogens is 362 g/mol. The summed E-state index contributed by atoms with van der Waals surface area (Å²) in [5.41, 5.74) is 0.545. The predicted molar refractivity (Wildman–Crippen MR) is 104 cm³/mol. The summed E-state index contributed by atoms with van der Waals surface area (Å²) in [7, 11) is 1.72. The molecule has 1 saturated heterocycles. The summed E-state index contributed by atoms with van der Waals surface area (Å²) in [6.07, 6.45) is 3.92. The number of carbonyl (C=O) groups is 1. The third-order valence-electron chi connectivity index (χ3n) is 5.10. The highest BCUT2D eigenvalue weighted by molar-refractivity contribution is 6.04. The summed E-state index contributed by atoms with van der Waals surface area (Å²) in [4.78, 5) is 28.0. The van der Waals surface area contributed by atoms with Crippen LogP contribution < -0.4 is 16.0 Å². The minimum atomic E-state index is -0.473. The van der Waals surface area contributed by atoms with Crippen LogP contribution in [-0.4, -0.2) is 44.7 Å². The second-order valence-electron chi connectivity index (χ2n) is 7.30. The predicted octanol–water partition coefficient (Wildman–Crippen LogP) is 2.02. The van der Waals surface area contributed by atoms with E-state index in [0.29, 0.717) is 17.5 Å². The van der Waals surface area contributed by atoms with Crippen molar-refractivity contribution in [3.63, 3.8) is 0 Å². The van der Waals surface area contributed by atoms with Crippen LogP contribution in [0.25, 0.3) is 0 Å².